The molecule has 0 fully saturated rings. The number of thioether (sulfide) groups is 1. The number of benzene rings is 1. The summed E-state index contributed by atoms with van der Waals surface area (Å²) < 4.78 is 0. The van der Waals surface area contributed by atoms with Crippen LogP contribution in [0.3, 0.4) is 0 Å². The predicted octanol–water partition coefficient (Wildman–Crippen LogP) is 2.07. The number of para-hydroxylation sites is 1. The summed E-state index contributed by atoms with van der Waals surface area (Å²) in [5.41, 5.74) is 1.18. The Labute approximate surface area is 93.1 Å². The van der Waals surface area contributed by atoms with E-state index < -0.39 is 5.97 Å². The third-order valence-electron chi connectivity index (χ3n) is 2.42. The Morgan fingerprint density at radius 1 is 1.47 bits per heavy atom. The van der Waals surface area contributed by atoms with Gasteiger partial charge < -0.3 is 10.0 Å². The van der Waals surface area contributed by atoms with Crippen molar-refractivity contribution in [1.82, 2.24) is 0 Å². The number of aliphatic carboxylic acids is 1. The van der Waals surface area contributed by atoms with E-state index in [1.165, 1.54) is 10.6 Å². The van der Waals surface area contributed by atoms with Gasteiger partial charge in [-0.05, 0) is 12.1 Å². The minimum atomic E-state index is -0.731. The van der Waals surface area contributed by atoms with Crippen molar-refractivity contribution in [2.24, 2.45) is 0 Å². The van der Waals surface area contributed by atoms with Gasteiger partial charge in [0, 0.05) is 23.7 Å². The molecule has 1 aliphatic rings. The lowest BCUT2D eigenvalue weighted by Gasteiger charge is -2.30. The van der Waals surface area contributed by atoms with E-state index in [-0.39, 0.29) is 6.42 Å². The van der Waals surface area contributed by atoms with Crippen molar-refractivity contribution in [1.29, 1.82) is 0 Å². The molecule has 0 aromatic heterocycles. The summed E-state index contributed by atoms with van der Waals surface area (Å²) in [6, 6.07) is 8.17. The molecule has 0 unspecified atom stereocenters. The van der Waals surface area contributed by atoms with E-state index in [0.29, 0.717) is 6.54 Å². The van der Waals surface area contributed by atoms with E-state index in [0.717, 1.165) is 12.3 Å². The Bertz CT molecular complexity index is 367. The zero-order valence-electron chi connectivity index (χ0n) is 8.35. The second-order valence-corrected chi connectivity index (χ2v) is 4.58. The van der Waals surface area contributed by atoms with Crippen LogP contribution in [0, 0.1) is 0 Å². The lowest BCUT2D eigenvalue weighted by Crippen LogP contribution is -2.31. The number of carboxylic acid groups (broad SMARTS) is 1. The topological polar surface area (TPSA) is 40.5 Å². The van der Waals surface area contributed by atoms with Crippen LogP contribution in [-0.2, 0) is 4.79 Å². The van der Waals surface area contributed by atoms with Gasteiger partial charge >= 0.3 is 5.97 Å². The largest absolute Gasteiger partial charge is 0.481 e. The minimum Gasteiger partial charge on any atom is -0.481 e. The maximum absolute atomic E-state index is 10.5. The Hall–Kier alpha value is -1.16. The number of rotatable bonds is 3. The quantitative estimate of drug-likeness (QED) is 0.851. The second kappa shape index (κ2) is 4.57. The van der Waals surface area contributed by atoms with Gasteiger partial charge in [-0.25, -0.2) is 0 Å². The maximum atomic E-state index is 10.5. The van der Waals surface area contributed by atoms with E-state index >= 15 is 0 Å². The number of carboxylic acids is 1. The van der Waals surface area contributed by atoms with E-state index in [1.54, 1.807) is 0 Å². The van der Waals surface area contributed by atoms with Crippen LogP contribution in [0.2, 0.25) is 0 Å². The second-order valence-electron chi connectivity index (χ2n) is 3.45. The standard InChI is InChI=1S/C11H13NO2S/c13-11(14)5-6-12-7-8-15-10-4-2-1-3-9(10)12/h1-4H,5-8H2,(H,13,14). The van der Waals surface area contributed by atoms with E-state index in [9.17, 15) is 4.79 Å². The van der Waals surface area contributed by atoms with E-state index in [4.69, 9.17) is 5.11 Å². The molecule has 0 aliphatic carbocycles. The highest BCUT2D eigenvalue weighted by molar-refractivity contribution is 7.99. The molecule has 3 nitrogen and oxygen atoms in total. The first-order valence-corrected chi connectivity index (χ1v) is 5.94. The average molecular weight is 223 g/mol. The van der Waals surface area contributed by atoms with Crippen LogP contribution in [0.1, 0.15) is 6.42 Å². The molecule has 1 N–H and O–H groups in total. The molecule has 1 aromatic rings. The van der Waals surface area contributed by atoms with Crippen molar-refractivity contribution in [3.8, 4) is 0 Å². The van der Waals surface area contributed by atoms with Gasteiger partial charge in [0.15, 0.2) is 0 Å². The van der Waals surface area contributed by atoms with Crippen LogP contribution in [0.5, 0.6) is 0 Å². The minimum absolute atomic E-state index is 0.207. The highest BCUT2D eigenvalue weighted by Gasteiger charge is 2.16. The van der Waals surface area contributed by atoms with E-state index in [1.807, 2.05) is 23.9 Å². The summed E-state index contributed by atoms with van der Waals surface area (Å²) in [5, 5.41) is 8.66. The van der Waals surface area contributed by atoms with Crippen molar-refractivity contribution in [3.05, 3.63) is 24.3 Å². The number of nitrogens with zero attached hydrogens (tertiary/aromatic N) is 1. The molecule has 0 atom stereocenters. The van der Waals surface area contributed by atoms with Gasteiger partial charge in [0.2, 0.25) is 0 Å². The molecule has 80 valence electrons. The number of hydrogen-bond donors (Lipinski definition) is 1. The first-order valence-electron chi connectivity index (χ1n) is 4.96. The van der Waals surface area contributed by atoms with Crippen LogP contribution >= 0.6 is 11.8 Å². The van der Waals surface area contributed by atoms with Crippen LogP contribution in [0.25, 0.3) is 0 Å². The van der Waals surface area contributed by atoms with Crippen LogP contribution in [0.15, 0.2) is 29.2 Å². The molecular formula is C11H13NO2S. The first kappa shape index (κ1) is 10.4. The van der Waals surface area contributed by atoms with Gasteiger partial charge in [-0.3, -0.25) is 4.79 Å². The summed E-state index contributed by atoms with van der Waals surface area (Å²) in [7, 11) is 0. The SMILES string of the molecule is O=C(O)CCN1CCSc2ccccc21. The molecule has 0 saturated heterocycles. The Morgan fingerprint density at radius 3 is 3.07 bits per heavy atom. The Kier molecular flexibility index (Phi) is 3.16. The number of carbonyl (C=O) groups is 1. The monoisotopic (exact) mass is 223 g/mol. The fourth-order valence-electron chi connectivity index (χ4n) is 1.69. The average Bonchev–Trinajstić information content (AvgIpc) is 2.26. The molecule has 0 spiro atoms. The van der Waals surface area contributed by atoms with Gasteiger partial charge in [0.25, 0.3) is 0 Å². The molecule has 2 rings (SSSR count). The molecule has 0 amide bonds. The normalized spacial score (nSPS) is 14.8. The lowest BCUT2D eigenvalue weighted by molar-refractivity contribution is -0.136. The van der Waals surface area contributed by atoms with Crippen LogP contribution < -0.4 is 4.90 Å². The van der Waals surface area contributed by atoms with Gasteiger partial charge in [0.05, 0.1) is 12.1 Å². The zero-order valence-corrected chi connectivity index (χ0v) is 9.17. The third-order valence-corrected chi connectivity index (χ3v) is 3.46. The molecule has 0 radical (unpaired) electrons. The summed E-state index contributed by atoms with van der Waals surface area (Å²) in [5.74, 6) is 0.307. The first-order chi connectivity index (χ1) is 7.27. The highest BCUT2D eigenvalue weighted by atomic mass is 32.2. The van der Waals surface area contributed by atoms with Crippen molar-refractivity contribution < 1.29 is 9.90 Å². The zero-order chi connectivity index (χ0) is 10.7. The van der Waals surface area contributed by atoms with Gasteiger partial charge in [0.1, 0.15) is 0 Å². The molecule has 1 heterocycles. The summed E-state index contributed by atoms with van der Waals surface area (Å²) in [4.78, 5) is 13.9. The van der Waals surface area contributed by atoms with Crippen LogP contribution in [0.4, 0.5) is 5.69 Å². The summed E-state index contributed by atoms with van der Waals surface area (Å²) >= 11 is 1.84. The van der Waals surface area contributed by atoms with E-state index in [2.05, 4.69) is 17.0 Å². The van der Waals surface area contributed by atoms with Crippen molar-refractivity contribution in [3.63, 3.8) is 0 Å². The van der Waals surface area contributed by atoms with Gasteiger partial charge in [-0.1, -0.05) is 12.1 Å². The number of anilines is 1. The Balaban J connectivity index is 2.11. The highest BCUT2D eigenvalue weighted by Crippen LogP contribution is 2.34. The fourth-order valence-corrected chi connectivity index (χ4v) is 2.74. The maximum Gasteiger partial charge on any atom is 0.305 e. The lowest BCUT2D eigenvalue weighted by atomic mass is 10.2. The van der Waals surface area contributed by atoms with Crippen molar-refractivity contribution in [2.75, 3.05) is 23.7 Å². The smallest absolute Gasteiger partial charge is 0.305 e. The molecule has 1 aromatic carbocycles. The Morgan fingerprint density at radius 2 is 2.27 bits per heavy atom. The number of hydrogen-bond acceptors (Lipinski definition) is 3. The van der Waals surface area contributed by atoms with Crippen LogP contribution in [-0.4, -0.2) is 29.9 Å². The summed E-state index contributed by atoms with van der Waals surface area (Å²) in [6.45, 7) is 1.54. The number of fused-ring (bicyclic) bond motifs is 1. The molecule has 0 saturated carbocycles. The van der Waals surface area contributed by atoms with Crippen molar-refractivity contribution >= 4 is 23.4 Å². The third kappa shape index (κ3) is 2.45. The molecule has 0 bridgehead atoms. The molecule has 1 aliphatic heterocycles. The van der Waals surface area contributed by atoms with Crippen molar-refractivity contribution in [2.45, 2.75) is 11.3 Å². The molecule has 15 heavy (non-hydrogen) atoms. The molecular weight excluding hydrogens is 210 g/mol. The van der Waals surface area contributed by atoms with Gasteiger partial charge in [-0.2, -0.15) is 0 Å². The predicted molar refractivity (Wildman–Crippen MR) is 61.6 cm³/mol. The van der Waals surface area contributed by atoms with Gasteiger partial charge in [-0.15, -0.1) is 11.8 Å². The summed E-state index contributed by atoms with van der Waals surface area (Å²) in [6.07, 6.45) is 0.207. The molecule has 4 heteroatoms. The fraction of sp³-hybridized carbons (Fsp3) is 0.364.